The zero-order chi connectivity index (χ0) is 18.6. The first kappa shape index (κ1) is 25.1. The van der Waals surface area contributed by atoms with E-state index in [4.69, 9.17) is 0 Å². The summed E-state index contributed by atoms with van der Waals surface area (Å²) in [7, 11) is 8.19. The van der Waals surface area contributed by atoms with Crippen molar-refractivity contribution in [2.45, 2.75) is 103 Å². The van der Waals surface area contributed by atoms with Gasteiger partial charge in [0.1, 0.15) is 0 Å². The van der Waals surface area contributed by atoms with Crippen molar-refractivity contribution < 1.29 is 4.48 Å². The summed E-state index contributed by atoms with van der Waals surface area (Å²) < 4.78 is 1.12. The van der Waals surface area contributed by atoms with E-state index in [1.807, 2.05) is 0 Å². The zero-order valence-corrected chi connectivity index (χ0v) is 20.4. The van der Waals surface area contributed by atoms with Crippen molar-refractivity contribution in [3.8, 4) is 0 Å². The summed E-state index contributed by atoms with van der Waals surface area (Å²) in [6.45, 7) is 2.58. The summed E-state index contributed by atoms with van der Waals surface area (Å²) in [6, 6.07) is 0. The van der Waals surface area contributed by atoms with Gasteiger partial charge in [-0.15, -0.1) is 0 Å². The molecular formula is C22H51N2Si+. The predicted molar refractivity (Wildman–Crippen MR) is 120 cm³/mol. The van der Waals surface area contributed by atoms with Crippen molar-refractivity contribution in [3.05, 3.63) is 0 Å². The second kappa shape index (κ2) is 18.9. The summed E-state index contributed by atoms with van der Waals surface area (Å²) in [5.74, 6) is 0. The quantitative estimate of drug-likeness (QED) is 0.183. The Balaban J connectivity index is 3.01. The molecule has 1 N–H and O–H groups in total. The van der Waals surface area contributed by atoms with Gasteiger partial charge in [0.25, 0.3) is 0 Å². The second-order valence-electron chi connectivity index (χ2n) is 9.02. The molecule has 0 fully saturated rings. The van der Waals surface area contributed by atoms with E-state index in [-0.39, 0.29) is 0 Å². The van der Waals surface area contributed by atoms with Gasteiger partial charge in [-0.2, -0.15) is 0 Å². The van der Waals surface area contributed by atoms with Gasteiger partial charge in [0, 0.05) is 10.2 Å². The van der Waals surface area contributed by atoms with E-state index in [1.54, 1.807) is 0 Å². The third-order valence-electron chi connectivity index (χ3n) is 5.18. The van der Waals surface area contributed by atoms with Gasteiger partial charge in [-0.1, -0.05) is 83.5 Å². The number of quaternary nitrogens is 1. The molecule has 0 heterocycles. The lowest BCUT2D eigenvalue weighted by Crippen LogP contribution is -2.35. The largest absolute Gasteiger partial charge is 0.331 e. The average molecular weight is 372 g/mol. The van der Waals surface area contributed by atoms with Crippen LogP contribution in [0.5, 0.6) is 0 Å². The number of nitrogens with zero attached hydrogens (tertiary/aromatic N) is 1. The molecule has 2 nitrogen and oxygen atoms in total. The molecule has 0 unspecified atom stereocenters. The summed E-state index contributed by atoms with van der Waals surface area (Å²) in [5.41, 5.74) is 0. The lowest BCUT2D eigenvalue weighted by atomic mass is 10.0. The fraction of sp³-hybridized carbons (Fsp3) is 1.00. The molecule has 0 aromatic carbocycles. The molecule has 0 rings (SSSR count). The minimum absolute atomic E-state index is 1.12. The van der Waals surface area contributed by atoms with E-state index in [9.17, 15) is 0 Å². The van der Waals surface area contributed by atoms with E-state index < -0.39 is 0 Å². The van der Waals surface area contributed by atoms with Gasteiger partial charge >= 0.3 is 0 Å². The Morgan fingerprint density at radius 3 is 1.16 bits per heavy atom. The van der Waals surface area contributed by atoms with Gasteiger partial charge in [-0.25, -0.2) is 0 Å². The third kappa shape index (κ3) is 24.1. The molecule has 0 aliphatic carbocycles. The van der Waals surface area contributed by atoms with Crippen molar-refractivity contribution in [2.24, 2.45) is 0 Å². The molecule has 0 saturated carbocycles. The highest BCUT2D eigenvalue weighted by Gasteiger charge is 2.04. The monoisotopic (exact) mass is 371 g/mol. The Hall–Kier alpha value is 0.137. The molecule has 3 heteroatoms. The lowest BCUT2D eigenvalue weighted by molar-refractivity contribution is -0.870. The number of hydrogen-bond acceptors (Lipinski definition) is 1. The fourth-order valence-electron chi connectivity index (χ4n) is 3.49. The maximum absolute atomic E-state index is 3.47. The van der Waals surface area contributed by atoms with Crippen LogP contribution >= 0.6 is 0 Å². The molecule has 25 heavy (non-hydrogen) atoms. The first-order valence-corrected chi connectivity index (χ1v) is 13.0. The Kier molecular flexibility index (Phi) is 19.0. The Morgan fingerprint density at radius 2 is 0.840 bits per heavy atom. The van der Waals surface area contributed by atoms with E-state index in [0.717, 1.165) is 4.48 Å². The van der Waals surface area contributed by atoms with E-state index in [2.05, 4.69) is 26.5 Å². The number of rotatable bonds is 20. The minimum Gasteiger partial charge on any atom is -0.331 e. The molecule has 0 radical (unpaired) electrons. The first-order chi connectivity index (χ1) is 12.1. The van der Waals surface area contributed by atoms with Crippen LogP contribution in [0.4, 0.5) is 0 Å². The Morgan fingerprint density at radius 1 is 0.520 bits per heavy atom. The molecular weight excluding hydrogens is 320 g/mol. The van der Waals surface area contributed by atoms with E-state index in [1.165, 1.54) is 132 Å². The number of hydrogen-bond donors (Lipinski definition) is 1. The molecule has 0 saturated heterocycles. The molecule has 0 aliphatic rings. The van der Waals surface area contributed by atoms with Crippen molar-refractivity contribution in [1.82, 2.24) is 5.32 Å². The van der Waals surface area contributed by atoms with E-state index in [0.29, 0.717) is 0 Å². The molecule has 0 aromatic heterocycles. The van der Waals surface area contributed by atoms with Gasteiger partial charge in [-0.3, -0.25) is 0 Å². The smallest absolute Gasteiger partial charge is 0.0780 e. The molecule has 152 valence electrons. The van der Waals surface area contributed by atoms with Gasteiger partial charge in [0.15, 0.2) is 0 Å². The van der Waals surface area contributed by atoms with Gasteiger partial charge in [0.05, 0.1) is 27.7 Å². The summed E-state index contributed by atoms with van der Waals surface area (Å²) >= 11 is 0. The maximum Gasteiger partial charge on any atom is 0.0780 e. The van der Waals surface area contributed by atoms with Crippen LogP contribution in [0.3, 0.4) is 0 Å². The van der Waals surface area contributed by atoms with Crippen molar-refractivity contribution in [2.75, 3.05) is 40.4 Å². The minimum atomic E-state index is 1.12. The van der Waals surface area contributed by atoms with Gasteiger partial charge in [0.2, 0.25) is 0 Å². The maximum atomic E-state index is 3.47. The van der Waals surface area contributed by atoms with Gasteiger partial charge in [-0.05, 0) is 32.0 Å². The fourth-order valence-corrected chi connectivity index (χ4v) is 3.84. The third-order valence-corrected chi connectivity index (χ3v) is 5.68. The standard InChI is InChI=1S/C22H51N2Si/c1-24(2,3)21-19-17-15-13-11-9-7-5-4-6-8-10-12-14-16-18-20-23-22-25/h23H,4-22H2,1-3,25H3/q+1. The van der Waals surface area contributed by atoms with Crippen LogP contribution in [0.25, 0.3) is 0 Å². The number of unbranched alkanes of at least 4 members (excludes halogenated alkanes) is 15. The van der Waals surface area contributed by atoms with Crippen molar-refractivity contribution >= 4 is 10.2 Å². The SMILES string of the molecule is C[N+](C)(C)CCCCCCCCCCCCCCCCCCNC[SiH3]. The van der Waals surface area contributed by atoms with Crippen LogP contribution in [0.15, 0.2) is 0 Å². The Bertz CT molecular complexity index is 251. The molecule has 0 bridgehead atoms. The zero-order valence-electron chi connectivity index (χ0n) is 18.4. The predicted octanol–water partition coefficient (Wildman–Crippen LogP) is 4.85. The summed E-state index contributed by atoms with van der Waals surface area (Å²) in [5, 5.41) is 3.47. The highest BCUT2D eigenvalue weighted by Crippen LogP contribution is 2.13. The lowest BCUT2D eigenvalue weighted by Gasteiger charge is -2.23. The second-order valence-corrected chi connectivity index (χ2v) is 9.73. The summed E-state index contributed by atoms with van der Waals surface area (Å²) in [4.78, 5) is 0. The Labute approximate surface area is 163 Å². The van der Waals surface area contributed by atoms with E-state index >= 15 is 0 Å². The molecule has 0 atom stereocenters. The average Bonchev–Trinajstić information content (AvgIpc) is 2.56. The molecule has 0 spiro atoms. The molecule has 0 amide bonds. The van der Waals surface area contributed by atoms with Crippen molar-refractivity contribution in [3.63, 3.8) is 0 Å². The molecule has 0 aliphatic heterocycles. The molecule has 0 aromatic rings. The van der Waals surface area contributed by atoms with Crippen LogP contribution in [-0.2, 0) is 0 Å². The van der Waals surface area contributed by atoms with Crippen LogP contribution in [-0.4, -0.2) is 55.1 Å². The topological polar surface area (TPSA) is 12.0 Å². The highest BCUT2D eigenvalue weighted by atomic mass is 28.1. The van der Waals surface area contributed by atoms with Crippen LogP contribution in [0.2, 0.25) is 0 Å². The van der Waals surface area contributed by atoms with Crippen molar-refractivity contribution in [1.29, 1.82) is 0 Å². The van der Waals surface area contributed by atoms with Crippen LogP contribution in [0.1, 0.15) is 103 Å². The van der Waals surface area contributed by atoms with Gasteiger partial charge < -0.3 is 9.80 Å². The first-order valence-electron chi connectivity index (χ1n) is 11.6. The normalized spacial score (nSPS) is 12.1. The summed E-state index contributed by atoms with van der Waals surface area (Å²) in [6.07, 6.45) is 24.6. The number of nitrogens with one attached hydrogen (secondary N) is 1. The highest BCUT2D eigenvalue weighted by molar-refractivity contribution is 6.08. The van der Waals surface area contributed by atoms with Crippen LogP contribution in [0, 0.1) is 0 Å². The van der Waals surface area contributed by atoms with Crippen LogP contribution < -0.4 is 5.32 Å².